The predicted octanol–water partition coefficient (Wildman–Crippen LogP) is 2.41. The van der Waals surface area contributed by atoms with Crippen LogP contribution in [0.25, 0.3) is 0 Å². The average Bonchev–Trinajstić information content (AvgIpc) is 3.24. The number of nitrogens with zero attached hydrogens (tertiary/aromatic N) is 4. The normalized spacial score (nSPS) is 21.2. The highest BCUT2D eigenvalue weighted by Gasteiger charge is 2.42. The molecule has 8 nitrogen and oxygen atoms in total. The van der Waals surface area contributed by atoms with Crippen molar-refractivity contribution in [1.82, 2.24) is 19.6 Å². The van der Waals surface area contributed by atoms with Crippen molar-refractivity contribution >= 4 is 11.8 Å². The van der Waals surface area contributed by atoms with E-state index in [0.29, 0.717) is 18.9 Å². The first kappa shape index (κ1) is 23.2. The molecule has 2 saturated heterocycles. The molecule has 3 heterocycles. The van der Waals surface area contributed by atoms with Gasteiger partial charge in [0.25, 0.3) is 0 Å². The second kappa shape index (κ2) is 10.3. The highest BCUT2D eigenvalue weighted by atomic mass is 19.1. The van der Waals surface area contributed by atoms with Crippen LogP contribution in [0.15, 0.2) is 36.7 Å². The van der Waals surface area contributed by atoms with Gasteiger partial charge in [-0.1, -0.05) is 0 Å². The molecule has 2 fully saturated rings. The first-order valence-electron chi connectivity index (χ1n) is 11.5. The maximum atomic E-state index is 13.3. The minimum atomic E-state index is -0.975. The van der Waals surface area contributed by atoms with Crippen LogP contribution in [0.4, 0.5) is 4.39 Å². The fraction of sp³-hybridized carbons (Fsp3) is 0.542. The molecular weight excluding hydrogens is 427 g/mol. The Balaban J connectivity index is 1.48. The molecule has 2 aromatic rings. The lowest BCUT2D eigenvalue weighted by Crippen LogP contribution is -2.59. The number of likely N-dealkylation sites (tertiary alicyclic amines) is 1. The van der Waals surface area contributed by atoms with Crippen LogP contribution in [0.2, 0.25) is 0 Å². The van der Waals surface area contributed by atoms with E-state index in [4.69, 9.17) is 9.47 Å². The standard InChI is InChI=1S/C24H31FN4O4/c1-19-14-26-29(15-19)16-23(31)28-11-12-33-24(17-28,13-22(30)27-9-3-2-4-10-27)18-32-21-7-5-20(25)6-8-21/h5-8,14-15H,2-4,9-13,16-18H2,1H3. The van der Waals surface area contributed by atoms with Crippen molar-refractivity contribution < 1.29 is 23.5 Å². The summed E-state index contributed by atoms with van der Waals surface area (Å²) in [5, 5.41) is 4.20. The summed E-state index contributed by atoms with van der Waals surface area (Å²) < 4.78 is 27.0. The summed E-state index contributed by atoms with van der Waals surface area (Å²) in [6, 6.07) is 5.73. The number of piperidine rings is 1. The van der Waals surface area contributed by atoms with Crippen LogP contribution in [0.3, 0.4) is 0 Å². The molecule has 0 saturated carbocycles. The second-order valence-corrected chi connectivity index (χ2v) is 8.92. The molecule has 4 rings (SSSR count). The molecule has 178 valence electrons. The van der Waals surface area contributed by atoms with Crippen LogP contribution in [0.5, 0.6) is 5.75 Å². The number of benzene rings is 1. The SMILES string of the molecule is Cc1cnn(CC(=O)N2CCOC(COc3ccc(F)cc3)(CC(=O)N3CCCCC3)C2)c1. The van der Waals surface area contributed by atoms with E-state index in [-0.39, 0.29) is 43.7 Å². The van der Waals surface area contributed by atoms with Crippen molar-refractivity contribution in [2.45, 2.75) is 44.8 Å². The number of aryl methyl sites for hydroxylation is 1. The maximum absolute atomic E-state index is 13.3. The van der Waals surface area contributed by atoms with E-state index >= 15 is 0 Å². The number of hydrogen-bond donors (Lipinski definition) is 0. The van der Waals surface area contributed by atoms with Crippen molar-refractivity contribution in [2.24, 2.45) is 0 Å². The fourth-order valence-corrected chi connectivity index (χ4v) is 4.37. The lowest BCUT2D eigenvalue weighted by Gasteiger charge is -2.43. The number of hydrogen-bond acceptors (Lipinski definition) is 5. The molecule has 33 heavy (non-hydrogen) atoms. The molecule has 2 amide bonds. The fourth-order valence-electron chi connectivity index (χ4n) is 4.37. The summed E-state index contributed by atoms with van der Waals surface area (Å²) >= 11 is 0. The Morgan fingerprint density at radius 1 is 1.09 bits per heavy atom. The summed E-state index contributed by atoms with van der Waals surface area (Å²) in [5.74, 6) is 0.0598. The number of morpholine rings is 1. The van der Waals surface area contributed by atoms with Crippen molar-refractivity contribution in [1.29, 1.82) is 0 Å². The van der Waals surface area contributed by atoms with Gasteiger partial charge in [-0.25, -0.2) is 4.39 Å². The van der Waals surface area contributed by atoms with Gasteiger partial charge in [0.15, 0.2) is 0 Å². The average molecular weight is 459 g/mol. The van der Waals surface area contributed by atoms with Gasteiger partial charge >= 0.3 is 0 Å². The molecular formula is C24H31FN4O4. The van der Waals surface area contributed by atoms with Crippen LogP contribution in [-0.4, -0.2) is 76.4 Å². The third-order valence-electron chi connectivity index (χ3n) is 6.16. The van der Waals surface area contributed by atoms with E-state index in [0.717, 1.165) is 37.9 Å². The van der Waals surface area contributed by atoms with Gasteiger partial charge in [0.1, 0.15) is 30.3 Å². The zero-order valence-electron chi connectivity index (χ0n) is 19.0. The predicted molar refractivity (Wildman–Crippen MR) is 119 cm³/mol. The number of carbonyl (C=O) groups is 2. The van der Waals surface area contributed by atoms with Crippen molar-refractivity contribution in [3.05, 3.63) is 48.0 Å². The Morgan fingerprint density at radius 3 is 2.55 bits per heavy atom. The minimum absolute atomic E-state index is 0.00871. The number of halogens is 1. The monoisotopic (exact) mass is 458 g/mol. The zero-order chi connectivity index (χ0) is 23.3. The molecule has 0 bridgehead atoms. The third kappa shape index (κ3) is 6.10. The van der Waals surface area contributed by atoms with E-state index in [2.05, 4.69) is 5.10 Å². The Hall–Kier alpha value is -2.94. The Bertz CT molecular complexity index is 958. The highest BCUT2D eigenvalue weighted by molar-refractivity contribution is 5.78. The topological polar surface area (TPSA) is 76.9 Å². The molecule has 2 aliphatic heterocycles. The maximum Gasteiger partial charge on any atom is 0.244 e. The lowest BCUT2D eigenvalue weighted by molar-refractivity contribution is -0.166. The van der Waals surface area contributed by atoms with Gasteiger partial charge in [0.05, 0.1) is 25.8 Å². The molecule has 0 spiro atoms. The second-order valence-electron chi connectivity index (χ2n) is 8.92. The minimum Gasteiger partial charge on any atom is -0.490 e. The lowest BCUT2D eigenvalue weighted by atomic mass is 9.96. The van der Waals surface area contributed by atoms with Gasteiger partial charge in [0, 0.05) is 25.8 Å². The van der Waals surface area contributed by atoms with Crippen LogP contribution < -0.4 is 4.74 Å². The summed E-state index contributed by atoms with van der Waals surface area (Å²) in [6.45, 7) is 4.62. The Morgan fingerprint density at radius 2 is 1.85 bits per heavy atom. The highest BCUT2D eigenvalue weighted by Crippen LogP contribution is 2.26. The van der Waals surface area contributed by atoms with Gasteiger partial charge in [-0.2, -0.15) is 5.10 Å². The van der Waals surface area contributed by atoms with E-state index in [1.54, 1.807) is 27.9 Å². The van der Waals surface area contributed by atoms with Crippen molar-refractivity contribution in [2.75, 3.05) is 39.4 Å². The van der Waals surface area contributed by atoms with E-state index in [1.165, 1.54) is 12.1 Å². The van der Waals surface area contributed by atoms with E-state index in [1.807, 2.05) is 18.0 Å². The van der Waals surface area contributed by atoms with Crippen LogP contribution >= 0.6 is 0 Å². The summed E-state index contributed by atoms with van der Waals surface area (Å²) in [6.07, 6.45) is 6.79. The van der Waals surface area contributed by atoms with Crippen molar-refractivity contribution in [3.8, 4) is 5.75 Å². The first-order chi connectivity index (χ1) is 15.9. The molecule has 0 radical (unpaired) electrons. The van der Waals surface area contributed by atoms with Gasteiger partial charge in [-0.05, 0) is 56.0 Å². The number of amides is 2. The number of ether oxygens (including phenoxy) is 2. The summed E-state index contributed by atoms with van der Waals surface area (Å²) in [4.78, 5) is 29.7. The quantitative estimate of drug-likeness (QED) is 0.637. The van der Waals surface area contributed by atoms with Crippen molar-refractivity contribution in [3.63, 3.8) is 0 Å². The van der Waals surface area contributed by atoms with Crippen LogP contribution in [0, 0.1) is 12.7 Å². The Labute approximate surface area is 193 Å². The first-order valence-corrected chi connectivity index (χ1v) is 11.5. The molecule has 1 aromatic carbocycles. The van der Waals surface area contributed by atoms with E-state index < -0.39 is 5.60 Å². The largest absolute Gasteiger partial charge is 0.490 e. The van der Waals surface area contributed by atoms with Gasteiger partial charge < -0.3 is 19.3 Å². The molecule has 1 aromatic heterocycles. The van der Waals surface area contributed by atoms with E-state index in [9.17, 15) is 14.0 Å². The summed E-state index contributed by atoms with van der Waals surface area (Å²) in [7, 11) is 0. The number of rotatable bonds is 7. The summed E-state index contributed by atoms with van der Waals surface area (Å²) in [5.41, 5.74) is 0.00980. The zero-order valence-corrected chi connectivity index (χ0v) is 19.0. The van der Waals surface area contributed by atoms with Gasteiger partial charge in [0.2, 0.25) is 11.8 Å². The molecule has 2 aliphatic rings. The number of carbonyl (C=O) groups excluding carboxylic acids is 2. The smallest absolute Gasteiger partial charge is 0.244 e. The number of aromatic nitrogens is 2. The van der Waals surface area contributed by atoms with Crippen LogP contribution in [-0.2, 0) is 20.9 Å². The van der Waals surface area contributed by atoms with Crippen LogP contribution in [0.1, 0.15) is 31.2 Å². The van der Waals surface area contributed by atoms with Gasteiger partial charge in [-0.3, -0.25) is 14.3 Å². The Kier molecular flexibility index (Phi) is 7.27. The third-order valence-corrected chi connectivity index (χ3v) is 6.16. The molecule has 9 heteroatoms. The molecule has 1 unspecified atom stereocenters. The van der Waals surface area contributed by atoms with Gasteiger partial charge in [-0.15, -0.1) is 0 Å². The molecule has 0 N–H and O–H groups in total. The molecule has 0 aliphatic carbocycles. The molecule has 1 atom stereocenters.